The van der Waals surface area contributed by atoms with E-state index in [1.807, 2.05) is 0 Å². The molecule has 0 amide bonds. The van der Waals surface area contributed by atoms with Gasteiger partial charge in [0, 0.05) is 6.54 Å². The van der Waals surface area contributed by atoms with E-state index in [9.17, 15) is 4.79 Å². The van der Waals surface area contributed by atoms with Crippen LogP contribution in [0.5, 0.6) is 0 Å². The predicted octanol–water partition coefficient (Wildman–Crippen LogP) is 0.849. The molecule has 1 saturated carbocycles. The highest BCUT2D eigenvalue weighted by Gasteiger charge is 2.64. The Balaban J connectivity index is 2.05. The normalized spacial score (nSPS) is 43.3. The number of carbonyl (C=O) groups is 1. The molecule has 2 atom stereocenters. The minimum absolute atomic E-state index is 0.299. The van der Waals surface area contributed by atoms with Gasteiger partial charge in [-0.2, -0.15) is 0 Å². The smallest absolute Gasteiger partial charge is 0.320 e. The minimum Gasteiger partial charge on any atom is -0.480 e. The van der Waals surface area contributed by atoms with Crippen LogP contribution >= 0.6 is 0 Å². The van der Waals surface area contributed by atoms with Gasteiger partial charge in [-0.3, -0.25) is 4.79 Å². The van der Waals surface area contributed by atoms with Crippen LogP contribution in [0.25, 0.3) is 0 Å². The standard InChI is InChI=1S/C9H15NO2/c1-8(2)4-9(8)3-6(7(11)12)10-5-9/h6,10H,3-5H2,1-2H3,(H,11,12)/t6-,9-/m0/s1. The lowest BCUT2D eigenvalue weighted by atomic mass is 9.93. The van der Waals surface area contributed by atoms with Gasteiger partial charge in [0.1, 0.15) is 6.04 Å². The van der Waals surface area contributed by atoms with Crippen LogP contribution < -0.4 is 5.32 Å². The molecule has 0 unspecified atom stereocenters. The van der Waals surface area contributed by atoms with Crippen molar-refractivity contribution in [3.8, 4) is 0 Å². The van der Waals surface area contributed by atoms with Crippen molar-refractivity contribution in [1.82, 2.24) is 5.32 Å². The topological polar surface area (TPSA) is 49.3 Å². The molecule has 0 aromatic carbocycles. The molecule has 68 valence electrons. The molecular formula is C9H15NO2. The van der Waals surface area contributed by atoms with Crippen LogP contribution in [0.4, 0.5) is 0 Å². The molecule has 1 heterocycles. The highest BCUT2D eigenvalue weighted by Crippen LogP contribution is 2.67. The maximum Gasteiger partial charge on any atom is 0.320 e. The number of aliphatic carboxylic acids is 1. The third-order valence-corrected chi connectivity index (χ3v) is 3.67. The monoisotopic (exact) mass is 169 g/mol. The van der Waals surface area contributed by atoms with Gasteiger partial charge in [0.05, 0.1) is 0 Å². The lowest BCUT2D eigenvalue weighted by molar-refractivity contribution is -0.139. The van der Waals surface area contributed by atoms with Crippen molar-refractivity contribution in [2.75, 3.05) is 6.54 Å². The molecule has 0 aromatic rings. The van der Waals surface area contributed by atoms with E-state index in [1.165, 1.54) is 6.42 Å². The largest absolute Gasteiger partial charge is 0.480 e. The molecule has 1 spiro atoms. The average Bonchev–Trinajstić information content (AvgIpc) is 2.38. The number of rotatable bonds is 1. The summed E-state index contributed by atoms with van der Waals surface area (Å²) in [5.41, 5.74) is 0.667. The van der Waals surface area contributed by atoms with Gasteiger partial charge in [0.2, 0.25) is 0 Å². The van der Waals surface area contributed by atoms with Crippen LogP contribution in [0.1, 0.15) is 26.7 Å². The van der Waals surface area contributed by atoms with E-state index in [4.69, 9.17) is 5.11 Å². The zero-order valence-corrected chi connectivity index (χ0v) is 7.55. The average molecular weight is 169 g/mol. The molecule has 0 aromatic heterocycles. The molecular weight excluding hydrogens is 154 g/mol. The fourth-order valence-corrected chi connectivity index (χ4v) is 2.48. The van der Waals surface area contributed by atoms with Crippen LogP contribution in [0.2, 0.25) is 0 Å². The quantitative estimate of drug-likeness (QED) is 0.611. The summed E-state index contributed by atoms with van der Waals surface area (Å²) in [5.74, 6) is -0.699. The first-order valence-corrected chi connectivity index (χ1v) is 4.43. The molecule has 12 heavy (non-hydrogen) atoms. The molecule has 3 nitrogen and oxygen atoms in total. The molecule has 2 aliphatic rings. The van der Waals surface area contributed by atoms with E-state index in [2.05, 4.69) is 19.2 Å². The van der Waals surface area contributed by atoms with Crippen LogP contribution in [-0.2, 0) is 4.79 Å². The van der Waals surface area contributed by atoms with Gasteiger partial charge in [-0.15, -0.1) is 0 Å². The third kappa shape index (κ3) is 0.891. The number of carboxylic acids is 1. The highest BCUT2D eigenvalue weighted by atomic mass is 16.4. The molecule has 1 aliphatic heterocycles. The Labute approximate surface area is 72.2 Å². The zero-order valence-electron chi connectivity index (χ0n) is 7.55. The zero-order chi connectivity index (χ0) is 8.98. The van der Waals surface area contributed by atoms with Gasteiger partial charge in [-0.25, -0.2) is 0 Å². The number of hydrogen-bond donors (Lipinski definition) is 2. The van der Waals surface area contributed by atoms with Crippen LogP contribution in [0.15, 0.2) is 0 Å². The fraction of sp³-hybridized carbons (Fsp3) is 0.889. The van der Waals surface area contributed by atoms with Crippen molar-refractivity contribution in [1.29, 1.82) is 0 Å². The fourth-order valence-electron chi connectivity index (χ4n) is 2.48. The Bertz CT molecular complexity index is 237. The Morgan fingerprint density at radius 3 is 2.42 bits per heavy atom. The summed E-state index contributed by atoms with van der Waals surface area (Å²) in [6.45, 7) is 5.33. The van der Waals surface area contributed by atoms with Crippen molar-refractivity contribution < 1.29 is 9.90 Å². The van der Waals surface area contributed by atoms with E-state index in [-0.39, 0.29) is 6.04 Å². The van der Waals surface area contributed by atoms with E-state index in [0.29, 0.717) is 10.8 Å². The summed E-state index contributed by atoms with van der Waals surface area (Å²) in [5, 5.41) is 11.8. The van der Waals surface area contributed by atoms with Gasteiger partial charge in [0.15, 0.2) is 0 Å². The second-order valence-corrected chi connectivity index (χ2v) is 4.82. The summed E-state index contributed by atoms with van der Waals surface area (Å²) in [6.07, 6.45) is 1.99. The summed E-state index contributed by atoms with van der Waals surface area (Å²) in [6, 6.07) is -0.299. The van der Waals surface area contributed by atoms with Gasteiger partial charge >= 0.3 is 5.97 Å². The maximum atomic E-state index is 10.7. The SMILES string of the molecule is CC1(C)C[C@@]12CN[C@H](C(=O)O)C2. The molecule has 1 aliphatic carbocycles. The first kappa shape index (κ1) is 8.05. The van der Waals surface area contributed by atoms with Crippen molar-refractivity contribution >= 4 is 5.97 Å². The second kappa shape index (κ2) is 2.02. The highest BCUT2D eigenvalue weighted by molar-refractivity contribution is 5.74. The van der Waals surface area contributed by atoms with Gasteiger partial charge in [-0.05, 0) is 23.7 Å². The van der Waals surface area contributed by atoms with Gasteiger partial charge < -0.3 is 10.4 Å². The molecule has 2 fully saturated rings. The summed E-state index contributed by atoms with van der Waals surface area (Å²) in [7, 11) is 0. The summed E-state index contributed by atoms with van der Waals surface area (Å²) < 4.78 is 0. The van der Waals surface area contributed by atoms with E-state index < -0.39 is 5.97 Å². The summed E-state index contributed by atoms with van der Waals surface area (Å²) >= 11 is 0. The molecule has 2 N–H and O–H groups in total. The maximum absolute atomic E-state index is 10.7. The molecule has 0 radical (unpaired) electrons. The number of nitrogens with one attached hydrogen (secondary N) is 1. The van der Waals surface area contributed by atoms with Crippen molar-refractivity contribution in [3.05, 3.63) is 0 Å². The molecule has 0 bridgehead atoms. The Hall–Kier alpha value is -0.570. The molecule has 3 heteroatoms. The van der Waals surface area contributed by atoms with Crippen molar-refractivity contribution in [2.24, 2.45) is 10.8 Å². The van der Waals surface area contributed by atoms with Crippen molar-refractivity contribution in [2.45, 2.75) is 32.7 Å². The lowest BCUT2D eigenvalue weighted by Crippen LogP contribution is -2.29. The first-order chi connectivity index (χ1) is 5.47. The molecule has 1 saturated heterocycles. The second-order valence-electron chi connectivity index (χ2n) is 4.82. The Morgan fingerprint density at radius 2 is 2.17 bits per heavy atom. The van der Waals surface area contributed by atoms with Crippen LogP contribution in [-0.4, -0.2) is 23.7 Å². The van der Waals surface area contributed by atoms with E-state index in [0.717, 1.165) is 13.0 Å². The van der Waals surface area contributed by atoms with E-state index >= 15 is 0 Å². The lowest BCUT2D eigenvalue weighted by Gasteiger charge is -2.10. The Kier molecular flexibility index (Phi) is 1.35. The summed E-state index contributed by atoms with van der Waals surface area (Å²) in [4.78, 5) is 10.7. The minimum atomic E-state index is -0.699. The Morgan fingerprint density at radius 1 is 1.58 bits per heavy atom. The predicted molar refractivity (Wildman–Crippen MR) is 44.9 cm³/mol. The van der Waals surface area contributed by atoms with Gasteiger partial charge in [-0.1, -0.05) is 13.8 Å². The van der Waals surface area contributed by atoms with E-state index in [1.54, 1.807) is 0 Å². The van der Waals surface area contributed by atoms with Crippen molar-refractivity contribution in [3.63, 3.8) is 0 Å². The molecule has 2 rings (SSSR count). The van der Waals surface area contributed by atoms with Crippen LogP contribution in [0.3, 0.4) is 0 Å². The number of hydrogen-bond acceptors (Lipinski definition) is 2. The third-order valence-electron chi connectivity index (χ3n) is 3.67. The van der Waals surface area contributed by atoms with Gasteiger partial charge in [0.25, 0.3) is 0 Å². The van der Waals surface area contributed by atoms with Crippen LogP contribution in [0, 0.1) is 10.8 Å². The number of carboxylic acid groups (broad SMARTS) is 1. The first-order valence-electron chi connectivity index (χ1n) is 4.43.